The monoisotopic (exact) mass is 330 g/mol. The molecular formula is C14H19BrO2S. The Hall–Kier alpha value is -0.480. The molecule has 1 atom stereocenters. The number of methoxy groups -OCH3 is 1. The van der Waals surface area contributed by atoms with Gasteiger partial charge >= 0.3 is 5.97 Å². The molecule has 0 saturated carbocycles. The lowest BCUT2D eigenvalue weighted by Gasteiger charge is -2.19. The van der Waals surface area contributed by atoms with Crippen molar-refractivity contribution in [2.24, 2.45) is 0 Å². The van der Waals surface area contributed by atoms with E-state index < -0.39 is 0 Å². The SMILES string of the molecule is COC(=O)C(Br)CSc1ccc(C(C)(C)C)cc1. The number of halogens is 1. The van der Waals surface area contributed by atoms with Crippen molar-refractivity contribution in [3.63, 3.8) is 0 Å². The fraction of sp³-hybridized carbons (Fsp3) is 0.500. The van der Waals surface area contributed by atoms with Crippen molar-refractivity contribution < 1.29 is 9.53 Å². The van der Waals surface area contributed by atoms with Gasteiger partial charge in [-0.2, -0.15) is 0 Å². The summed E-state index contributed by atoms with van der Waals surface area (Å²) in [6.45, 7) is 6.59. The number of ether oxygens (including phenoxy) is 1. The van der Waals surface area contributed by atoms with Crippen LogP contribution in [0.4, 0.5) is 0 Å². The Bertz CT molecular complexity index is 395. The molecular weight excluding hydrogens is 312 g/mol. The third-order valence-corrected chi connectivity index (χ3v) is 4.81. The molecule has 0 radical (unpaired) electrons. The highest BCUT2D eigenvalue weighted by Crippen LogP contribution is 2.26. The maximum absolute atomic E-state index is 11.2. The van der Waals surface area contributed by atoms with Crippen LogP contribution in [0.1, 0.15) is 26.3 Å². The molecule has 0 saturated heterocycles. The predicted octanol–water partition coefficient (Wildman–Crippen LogP) is 4.01. The molecule has 0 aliphatic carbocycles. The van der Waals surface area contributed by atoms with Gasteiger partial charge in [-0.1, -0.05) is 48.8 Å². The van der Waals surface area contributed by atoms with E-state index in [4.69, 9.17) is 0 Å². The molecule has 0 aliphatic heterocycles. The molecule has 1 aromatic rings. The van der Waals surface area contributed by atoms with Crippen molar-refractivity contribution in [1.82, 2.24) is 0 Å². The second-order valence-electron chi connectivity index (χ2n) is 5.08. The average Bonchev–Trinajstić information content (AvgIpc) is 2.34. The van der Waals surface area contributed by atoms with E-state index in [1.54, 1.807) is 11.8 Å². The minimum Gasteiger partial charge on any atom is -0.468 e. The molecule has 0 heterocycles. The third-order valence-electron chi connectivity index (χ3n) is 2.57. The van der Waals surface area contributed by atoms with Crippen LogP contribution in [0, 0.1) is 0 Å². The molecule has 1 unspecified atom stereocenters. The fourth-order valence-corrected chi connectivity index (χ4v) is 2.80. The van der Waals surface area contributed by atoms with E-state index in [1.807, 2.05) is 0 Å². The average molecular weight is 331 g/mol. The van der Waals surface area contributed by atoms with Gasteiger partial charge in [-0.15, -0.1) is 11.8 Å². The number of hydrogen-bond donors (Lipinski definition) is 0. The quantitative estimate of drug-likeness (QED) is 0.474. The maximum atomic E-state index is 11.2. The summed E-state index contributed by atoms with van der Waals surface area (Å²) in [7, 11) is 1.40. The van der Waals surface area contributed by atoms with Gasteiger partial charge in [-0.3, -0.25) is 4.79 Å². The second-order valence-corrected chi connectivity index (χ2v) is 7.27. The van der Waals surface area contributed by atoms with E-state index in [9.17, 15) is 4.79 Å². The van der Waals surface area contributed by atoms with Crippen LogP contribution in [-0.4, -0.2) is 23.7 Å². The Morgan fingerprint density at radius 3 is 2.33 bits per heavy atom. The number of alkyl halides is 1. The van der Waals surface area contributed by atoms with Crippen LogP contribution in [-0.2, 0) is 14.9 Å². The van der Waals surface area contributed by atoms with Crippen molar-refractivity contribution in [2.45, 2.75) is 35.9 Å². The first-order valence-electron chi connectivity index (χ1n) is 5.80. The van der Waals surface area contributed by atoms with Crippen LogP contribution in [0.25, 0.3) is 0 Å². The van der Waals surface area contributed by atoms with Gasteiger partial charge in [-0.25, -0.2) is 0 Å². The van der Waals surface area contributed by atoms with Gasteiger partial charge in [-0.05, 0) is 23.1 Å². The van der Waals surface area contributed by atoms with Gasteiger partial charge in [0.05, 0.1) is 7.11 Å². The largest absolute Gasteiger partial charge is 0.468 e. The first-order chi connectivity index (χ1) is 8.34. The smallest absolute Gasteiger partial charge is 0.320 e. The standard InChI is InChI=1S/C14H19BrO2S/c1-14(2,3)10-5-7-11(8-6-10)18-9-12(15)13(16)17-4/h5-8,12H,9H2,1-4H3. The third kappa shape index (κ3) is 4.65. The molecule has 4 heteroatoms. The molecule has 18 heavy (non-hydrogen) atoms. The van der Waals surface area contributed by atoms with Crippen LogP contribution in [0.15, 0.2) is 29.2 Å². The highest BCUT2D eigenvalue weighted by Gasteiger charge is 2.16. The van der Waals surface area contributed by atoms with Crippen molar-refractivity contribution >= 4 is 33.7 Å². The van der Waals surface area contributed by atoms with E-state index >= 15 is 0 Å². The van der Waals surface area contributed by atoms with Crippen molar-refractivity contribution in [1.29, 1.82) is 0 Å². The minimum absolute atomic E-state index is 0.174. The topological polar surface area (TPSA) is 26.3 Å². The Labute approximate surface area is 122 Å². The van der Waals surface area contributed by atoms with Gasteiger partial charge < -0.3 is 4.74 Å². The fourth-order valence-electron chi connectivity index (χ4n) is 1.42. The zero-order valence-electron chi connectivity index (χ0n) is 11.2. The first kappa shape index (κ1) is 15.6. The number of hydrogen-bond acceptors (Lipinski definition) is 3. The van der Waals surface area contributed by atoms with Crippen LogP contribution in [0.3, 0.4) is 0 Å². The molecule has 0 amide bonds. The van der Waals surface area contributed by atoms with Crippen molar-refractivity contribution in [2.75, 3.05) is 12.9 Å². The lowest BCUT2D eigenvalue weighted by atomic mass is 9.87. The zero-order valence-corrected chi connectivity index (χ0v) is 13.6. The molecule has 1 rings (SSSR count). The van der Waals surface area contributed by atoms with Gasteiger partial charge in [0.1, 0.15) is 4.83 Å². The number of benzene rings is 1. The zero-order chi connectivity index (χ0) is 13.8. The lowest BCUT2D eigenvalue weighted by molar-refractivity contribution is -0.139. The molecule has 0 bridgehead atoms. The van der Waals surface area contributed by atoms with Crippen LogP contribution >= 0.6 is 27.7 Å². The number of rotatable bonds is 4. The highest BCUT2D eigenvalue weighted by molar-refractivity contribution is 9.10. The van der Waals surface area contributed by atoms with E-state index in [2.05, 4.69) is 65.7 Å². The molecule has 2 nitrogen and oxygen atoms in total. The summed E-state index contributed by atoms with van der Waals surface area (Å²) in [4.78, 5) is 12.1. The Morgan fingerprint density at radius 1 is 1.33 bits per heavy atom. The molecule has 0 aliphatic rings. The summed E-state index contributed by atoms with van der Waals surface area (Å²) in [5, 5.41) is 0. The summed E-state index contributed by atoms with van der Waals surface area (Å²) in [6.07, 6.45) is 0. The summed E-state index contributed by atoms with van der Waals surface area (Å²) in [5.74, 6) is 0.440. The van der Waals surface area contributed by atoms with Crippen molar-refractivity contribution in [3.8, 4) is 0 Å². The predicted molar refractivity (Wildman–Crippen MR) is 80.6 cm³/mol. The molecule has 0 fully saturated rings. The van der Waals surface area contributed by atoms with Crippen molar-refractivity contribution in [3.05, 3.63) is 29.8 Å². The Morgan fingerprint density at radius 2 is 1.89 bits per heavy atom. The van der Waals surface area contributed by atoms with E-state index in [0.717, 1.165) is 4.90 Å². The Kier molecular flexibility index (Phi) is 5.73. The van der Waals surface area contributed by atoms with Gasteiger partial charge in [0.25, 0.3) is 0 Å². The van der Waals surface area contributed by atoms with E-state index in [-0.39, 0.29) is 16.2 Å². The maximum Gasteiger partial charge on any atom is 0.320 e. The highest BCUT2D eigenvalue weighted by atomic mass is 79.9. The first-order valence-corrected chi connectivity index (χ1v) is 7.70. The summed E-state index contributed by atoms with van der Waals surface area (Å²) in [6, 6.07) is 8.48. The van der Waals surface area contributed by atoms with Crippen LogP contribution in [0.5, 0.6) is 0 Å². The molecule has 100 valence electrons. The number of esters is 1. The van der Waals surface area contributed by atoms with Gasteiger partial charge in [0.2, 0.25) is 0 Å². The van der Waals surface area contributed by atoms with E-state index in [1.165, 1.54) is 12.7 Å². The van der Waals surface area contributed by atoms with Gasteiger partial charge in [0.15, 0.2) is 0 Å². The number of carbonyl (C=O) groups is 1. The molecule has 0 spiro atoms. The lowest BCUT2D eigenvalue weighted by Crippen LogP contribution is -2.17. The second kappa shape index (κ2) is 6.62. The normalized spacial score (nSPS) is 13.2. The van der Waals surface area contributed by atoms with Gasteiger partial charge in [0, 0.05) is 10.6 Å². The Balaban J connectivity index is 2.57. The summed E-state index contributed by atoms with van der Waals surface area (Å²) >= 11 is 4.96. The number of carbonyl (C=O) groups excluding carboxylic acids is 1. The minimum atomic E-state index is -0.255. The van der Waals surface area contributed by atoms with Crippen LogP contribution in [0.2, 0.25) is 0 Å². The molecule has 0 N–H and O–H groups in total. The molecule has 1 aromatic carbocycles. The van der Waals surface area contributed by atoms with E-state index in [0.29, 0.717) is 5.75 Å². The summed E-state index contributed by atoms with van der Waals surface area (Å²) < 4.78 is 4.67. The molecule has 0 aromatic heterocycles. The van der Waals surface area contributed by atoms with Crippen LogP contribution < -0.4 is 0 Å². The summed E-state index contributed by atoms with van der Waals surface area (Å²) in [5.41, 5.74) is 1.49. The number of thioether (sulfide) groups is 1.